The third-order valence-corrected chi connectivity index (χ3v) is 3.37. The van der Waals surface area contributed by atoms with Crippen molar-refractivity contribution >= 4 is 16.5 Å². The van der Waals surface area contributed by atoms with Crippen molar-refractivity contribution in [2.75, 3.05) is 0 Å². The Hall–Kier alpha value is -3.08. The summed E-state index contributed by atoms with van der Waals surface area (Å²) in [5.74, 6) is 0.434. The molecule has 21 heavy (non-hydrogen) atoms. The van der Waals surface area contributed by atoms with Crippen molar-refractivity contribution in [3.63, 3.8) is 0 Å². The first-order valence-electron chi connectivity index (χ1n) is 6.41. The highest BCUT2D eigenvalue weighted by Gasteiger charge is 2.09. The van der Waals surface area contributed by atoms with Gasteiger partial charge in [0.25, 0.3) is 0 Å². The van der Waals surface area contributed by atoms with E-state index in [1.54, 1.807) is 18.5 Å². The first kappa shape index (κ1) is 11.7. The molecule has 0 aliphatic carbocycles. The molecule has 0 saturated carbocycles. The van der Waals surface area contributed by atoms with Gasteiger partial charge in [0.1, 0.15) is 17.0 Å². The van der Waals surface area contributed by atoms with E-state index in [1.165, 1.54) is 18.2 Å². The Bertz CT molecular complexity index is 1030. The van der Waals surface area contributed by atoms with Crippen LogP contribution in [0.3, 0.4) is 0 Å². The lowest BCUT2D eigenvalue weighted by atomic mass is 10.2. The SMILES string of the molecule is O=c1cc(-c2cn3cccc3cn2)oc2ccc(O)cc12. The Morgan fingerprint density at radius 3 is 3.00 bits per heavy atom. The lowest BCUT2D eigenvalue weighted by Crippen LogP contribution is -2.01. The van der Waals surface area contributed by atoms with Crippen molar-refractivity contribution in [2.45, 2.75) is 0 Å². The van der Waals surface area contributed by atoms with Gasteiger partial charge in [0, 0.05) is 18.5 Å². The molecule has 0 unspecified atom stereocenters. The van der Waals surface area contributed by atoms with Crippen LogP contribution in [0.15, 0.2) is 64.2 Å². The maximum atomic E-state index is 12.1. The summed E-state index contributed by atoms with van der Waals surface area (Å²) in [6.07, 6.45) is 5.42. The van der Waals surface area contributed by atoms with Crippen molar-refractivity contribution in [1.29, 1.82) is 0 Å². The van der Waals surface area contributed by atoms with E-state index >= 15 is 0 Å². The fourth-order valence-electron chi connectivity index (χ4n) is 2.33. The van der Waals surface area contributed by atoms with Gasteiger partial charge < -0.3 is 13.9 Å². The maximum absolute atomic E-state index is 12.1. The molecule has 0 aliphatic heterocycles. The number of benzene rings is 1. The normalized spacial score (nSPS) is 11.2. The first-order chi connectivity index (χ1) is 10.2. The van der Waals surface area contributed by atoms with E-state index in [1.807, 2.05) is 22.7 Å². The Kier molecular flexibility index (Phi) is 2.35. The average molecular weight is 278 g/mol. The van der Waals surface area contributed by atoms with Gasteiger partial charge in [-0.2, -0.15) is 0 Å². The molecule has 102 valence electrons. The largest absolute Gasteiger partial charge is 0.508 e. The molecule has 0 bridgehead atoms. The standard InChI is InChI=1S/C16H10N2O3/c19-11-3-4-15-12(6-11)14(20)7-16(21-15)13-9-18-5-1-2-10(18)8-17-13/h1-9,19H. The number of hydrogen-bond donors (Lipinski definition) is 1. The minimum atomic E-state index is -0.212. The van der Waals surface area contributed by atoms with E-state index < -0.39 is 0 Å². The van der Waals surface area contributed by atoms with E-state index in [9.17, 15) is 9.90 Å². The fraction of sp³-hybridized carbons (Fsp3) is 0. The number of aromatic nitrogens is 2. The number of hydrogen-bond acceptors (Lipinski definition) is 4. The molecule has 4 rings (SSSR count). The van der Waals surface area contributed by atoms with Gasteiger partial charge in [0.2, 0.25) is 0 Å². The Balaban J connectivity index is 1.97. The molecule has 4 aromatic rings. The average Bonchev–Trinajstić information content (AvgIpc) is 2.95. The van der Waals surface area contributed by atoms with Gasteiger partial charge >= 0.3 is 0 Å². The number of phenolic OH excluding ortho intramolecular Hbond substituents is 1. The van der Waals surface area contributed by atoms with Crippen LogP contribution in [-0.2, 0) is 0 Å². The predicted molar refractivity (Wildman–Crippen MR) is 78.3 cm³/mol. The molecule has 0 fully saturated rings. The van der Waals surface area contributed by atoms with Crippen molar-refractivity contribution < 1.29 is 9.52 Å². The second-order valence-corrected chi connectivity index (χ2v) is 4.77. The number of nitrogens with zero attached hydrogens (tertiary/aromatic N) is 2. The molecule has 0 saturated heterocycles. The lowest BCUT2D eigenvalue weighted by Gasteiger charge is -2.04. The van der Waals surface area contributed by atoms with E-state index in [0.717, 1.165) is 5.52 Å². The minimum Gasteiger partial charge on any atom is -0.508 e. The van der Waals surface area contributed by atoms with Crippen LogP contribution >= 0.6 is 0 Å². The molecular formula is C16H10N2O3. The molecule has 0 spiro atoms. The van der Waals surface area contributed by atoms with Gasteiger partial charge in [0.05, 0.1) is 17.1 Å². The Morgan fingerprint density at radius 2 is 2.10 bits per heavy atom. The smallest absolute Gasteiger partial charge is 0.193 e. The minimum absolute atomic E-state index is 0.0365. The third-order valence-electron chi connectivity index (χ3n) is 3.37. The maximum Gasteiger partial charge on any atom is 0.193 e. The predicted octanol–water partition coefficient (Wildman–Crippen LogP) is 2.81. The van der Waals surface area contributed by atoms with Gasteiger partial charge in [-0.1, -0.05) is 0 Å². The highest BCUT2D eigenvalue weighted by Crippen LogP contribution is 2.23. The number of aromatic hydroxyl groups is 1. The second kappa shape index (κ2) is 4.21. The summed E-state index contributed by atoms with van der Waals surface area (Å²) in [4.78, 5) is 16.4. The molecular weight excluding hydrogens is 268 g/mol. The summed E-state index contributed by atoms with van der Waals surface area (Å²) < 4.78 is 7.63. The summed E-state index contributed by atoms with van der Waals surface area (Å²) in [5.41, 5.74) is 1.75. The van der Waals surface area contributed by atoms with Crippen molar-refractivity contribution in [1.82, 2.24) is 9.38 Å². The Morgan fingerprint density at radius 1 is 1.19 bits per heavy atom. The second-order valence-electron chi connectivity index (χ2n) is 4.77. The van der Waals surface area contributed by atoms with Crippen molar-refractivity contribution in [3.8, 4) is 17.2 Å². The highest BCUT2D eigenvalue weighted by atomic mass is 16.3. The van der Waals surface area contributed by atoms with Gasteiger partial charge in [-0.15, -0.1) is 0 Å². The van der Waals surface area contributed by atoms with Crippen LogP contribution in [0.4, 0.5) is 0 Å². The zero-order valence-electron chi connectivity index (χ0n) is 10.9. The Labute approximate surface area is 118 Å². The summed E-state index contributed by atoms with van der Waals surface area (Å²) >= 11 is 0. The fourth-order valence-corrected chi connectivity index (χ4v) is 2.33. The van der Waals surface area contributed by atoms with Crippen LogP contribution in [0.25, 0.3) is 27.9 Å². The number of fused-ring (bicyclic) bond motifs is 2. The van der Waals surface area contributed by atoms with E-state index in [4.69, 9.17) is 4.42 Å². The molecule has 0 amide bonds. The number of rotatable bonds is 1. The number of phenols is 1. The summed E-state index contributed by atoms with van der Waals surface area (Å²) in [7, 11) is 0. The van der Waals surface area contributed by atoms with Crippen LogP contribution < -0.4 is 5.43 Å². The van der Waals surface area contributed by atoms with Crippen LogP contribution in [0.1, 0.15) is 0 Å². The quantitative estimate of drug-likeness (QED) is 0.581. The summed E-state index contributed by atoms with van der Waals surface area (Å²) in [5, 5.41) is 9.79. The van der Waals surface area contributed by atoms with E-state index in [-0.39, 0.29) is 11.2 Å². The zero-order chi connectivity index (χ0) is 14.4. The third kappa shape index (κ3) is 1.87. The zero-order valence-corrected chi connectivity index (χ0v) is 10.9. The van der Waals surface area contributed by atoms with Crippen LogP contribution in [0.5, 0.6) is 5.75 Å². The first-order valence-corrected chi connectivity index (χ1v) is 6.41. The van der Waals surface area contributed by atoms with Gasteiger partial charge in [-0.25, -0.2) is 4.98 Å². The topological polar surface area (TPSA) is 67.7 Å². The molecule has 0 atom stereocenters. The van der Waals surface area contributed by atoms with Crippen LogP contribution in [0, 0.1) is 0 Å². The molecule has 3 heterocycles. The highest BCUT2D eigenvalue weighted by molar-refractivity contribution is 5.79. The van der Waals surface area contributed by atoms with E-state index in [2.05, 4.69) is 4.98 Å². The molecule has 5 nitrogen and oxygen atoms in total. The van der Waals surface area contributed by atoms with Crippen molar-refractivity contribution in [2.24, 2.45) is 0 Å². The van der Waals surface area contributed by atoms with Crippen molar-refractivity contribution in [3.05, 3.63) is 65.2 Å². The van der Waals surface area contributed by atoms with Crippen LogP contribution in [-0.4, -0.2) is 14.5 Å². The van der Waals surface area contributed by atoms with Gasteiger partial charge in [0.15, 0.2) is 11.2 Å². The lowest BCUT2D eigenvalue weighted by molar-refractivity contribution is 0.475. The summed E-state index contributed by atoms with van der Waals surface area (Å²) in [6.45, 7) is 0. The van der Waals surface area contributed by atoms with Crippen LogP contribution in [0.2, 0.25) is 0 Å². The van der Waals surface area contributed by atoms with Gasteiger partial charge in [-0.3, -0.25) is 4.79 Å². The molecule has 3 aromatic heterocycles. The van der Waals surface area contributed by atoms with E-state index in [0.29, 0.717) is 22.4 Å². The molecule has 0 radical (unpaired) electrons. The molecule has 1 N–H and O–H groups in total. The molecule has 5 heteroatoms. The monoisotopic (exact) mass is 278 g/mol. The summed E-state index contributed by atoms with van der Waals surface area (Å²) in [6, 6.07) is 9.70. The molecule has 0 aliphatic rings. The molecule has 1 aromatic carbocycles. The van der Waals surface area contributed by atoms with Gasteiger partial charge in [-0.05, 0) is 30.3 Å².